The lowest BCUT2D eigenvalue weighted by molar-refractivity contribution is -0.130. The molecule has 248 valence electrons. The Balaban J connectivity index is 1.21. The monoisotopic (exact) mass is 641 g/mol. The van der Waals surface area contributed by atoms with Gasteiger partial charge in [-0.2, -0.15) is 0 Å². The molecule has 2 heterocycles. The molecule has 1 N–H and O–H groups in total. The van der Waals surface area contributed by atoms with Gasteiger partial charge in [0, 0.05) is 42.6 Å². The number of rotatable bonds is 16. The summed E-state index contributed by atoms with van der Waals surface area (Å²) >= 11 is 1.38. The number of hydrogen-bond donors (Lipinski definition) is 1. The number of benzene rings is 1. The molecule has 1 amide bonds. The fourth-order valence-electron chi connectivity index (χ4n) is 6.63. The lowest BCUT2D eigenvalue weighted by Gasteiger charge is -2.43. The van der Waals surface area contributed by atoms with Gasteiger partial charge in [-0.15, -0.1) is 11.8 Å². The second kappa shape index (κ2) is 14.6. The zero-order valence-electron chi connectivity index (χ0n) is 28.0. The van der Waals surface area contributed by atoms with Gasteiger partial charge >= 0.3 is 0 Å². The van der Waals surface area contributed by atoms with E-state index in [0.717, 1.165) is 29.7 Å². The van der Waals surface area contributed by atoms with Crippen molar-refractivity contribution < 1.29 is 33.4 Å². The van der Waals surface area contributed by atoms with Gasteiger partial charge in [0.25, 0.3) is 0 Å². The van der Waals surface area contributed by atoms with Crippen molar-refractivity contribution in [1.29, 1.82) is 0 Å². The van der Waals surface area contributed by atoms with Gasteiger partial charge in [-0.1, -0.05) is 44.6 Å². The maximum atomic E-state index is 13.0. The first-order chi connectivity index (χ1) is 21.2. The van der Waals surface area contributed by atoms with E-state index in [1.165, 1.54) is 17.3 Å². The Bertz CT molecular complexity index is 1280. The van der Waals surface area contributed by atoms with Crippen LogP contribution in [-0.4, -0.2) is 72.2 Å². The normalized spacial score (nSPS) is 28.8. The number of nitrogens with one attached hydrogen (secondary N) is 1. The summed E-state index contributed by atoms with van der Waals surface area (Å²) in [6, 6.07) is 7.37. The highest BCUT2D eigenvalue weighted by molar-refractivity contribution is 8.00. The molecule has 2 aliphatic heterocycles. The van der Waals surface area contributed by atoms with Crippen molar-refractivity contribution in [1.82, 2.24) is 5.32 Å². The molecule has 8 nitrogen and oxygen atoms in total. The summed E-state index contributed by atoms with van der Waals surface area (Å²) < 4.78 is 18.3. The van der Waals surface area contributed by atoms with Crippen LogP contribution in [0.4, 0.5) is 0 Å². The molecule has 1 aromatic carbocycles. The van der Waals surface area contributed by atoms with Crippen molar-refractivity contribution in [3.8, 4) is 0 Å². The maximum Gasteiger partial charge on any atom is 0.227 e. The summed E-state index contributed by atoms with van der Waals surface area (Å²) in [6.07, 6.45) is 5.93. The second-order valence-electron chi connectivity index (χ2n) is 14.4. The number of Topliss-reactive ketones (excluding diaryl/α,β-unsaturated/α-hetero) is 3. The van der Waals surface area contributed by atoms with Gasteiger partial charge in [0.2, 0.25) is 5.91 Å². The first kappa shape index (κ1) is 35.5. The van der Waals surface area contributed by atoms with Crippen LogP contribution < -0.4 is 5.32 Å². The zero-order valence-corrected chi connectivity index (χ0v) is 28.8. The van der Waals surface area contributed by atoms with Crippen molar-refractivity contribution in [3.63, 3.8) is 0 Å². The number of allylic oxidation sites excluding steroid dienone is 1. The molecule has 45 heavy (non-hydrogen) atoms. The third kappa shape index (κ3) is 9.37. The van der Waals surface area contributed by atoms with E-state index in [-0.39, 0.29) is 76.2 Å². The fourth-order valence-corrected chi connectivity index (χ4v) is 7.39. The summed E-state index contributed by atoms with van der Waals surface area (Å²) in [7, 11) is 1.67. The molecule has 0 radical (unpaired) electrons. The van der Waals surface area contributed by atoms with E-state index in [1.807, 2.05) is 45.0 Å². The third-order valence-corrected chi connectivity index (χ3v) is 10.5. The number of hydrogen-bond acceptors (Lipinski definition) is 8. The number of amides is 1. The SMILES string of the molecule is CO[C@@H]1[C@H](NC(=O)CC(=O)CSc2ccc(CC(=O)CCCC(=O)C(C)(C)C)cc2)CC[C@]2(CO2)[C@H]1[C@@]1(C)O[C@@H]1CC=C(C)C. The van der Waals surface area contributed by atoms with Crippen LogP contribution in [0, 0.1) is 11.3 Å². The van der Waals surface area contributed by atoms with Gasteiger partial charge in [0.1, 0.15) is 17.2 Å². The van der Waals surface area contributed by atoms with Crippen LogP contribution in [0.5, 0.6) is 0 Å². The summed E-state index contributed by atoms with van der Waals surface area (Å²) in [6.45, 7) is 12.7. The Morgan fingerprint density at radius 3 is 2.38 bits per heavy atom. The predicted octanol–water partition coefficient (Wildman–Crippen LogP) is 5.83. The van der Waals surface area contributed by atoms with Crippen LogP contribution >= 0.6 is 11.8 Å². The Morgan fingerprint density at radius 2 is 1.78 bits per heavy atom. The maximum absolute atomic E-state index is 13.0. The molecule has 0 bridgehead atoms. The van der Waals surface area contributed by atoms with Gasteiger partial charge in [-0.05, 0) is 64.2 Å². The minimum Gasteiger partial charge on any atom is -0.379 e. The van der Waals surface area contributed by atoms with E-state index in [1.54, 1.807) is 7.11 Å². The average Bonchev–Trinajstić information content (AvgIpc) is 3.88. The molecule has 6 atom stereocenters. The predicted molar refractivity (Wildman–Crippen MR) is 175 cm³/mol. The van der Waals surface area contributed by atoms with Crippen LogP contribution in [0.2, 0.25) is 0 Å². The smallest absolute Gasteiger partial charge is 0.227 e. The van der Waals surface area contributed by atoms with Gasteiger partial charge < -0.3 is 19.5 Å². The van der Waals surface area contributed by atoms with Crippen molar-refractivity contribution in [2.75, 3.05) is 19.5 Å². The number of ether oxygens (including phenoxy) is 3. The summed E-state index contributed by atoms with van der Waals surface area (Å²) in [5.74, 6) is 0.0225. The molecule has 0 unspecified atom stereocenters. The molecule has 1 saturated carbocycles. The molecular formula is C36H51NO7S. The van der Waals surface area contributed by atoms with Crippen LogP contribution in [0.1, 0.15) is 92.1 Å². The molecule has 2 saturated heterocycles. The molecule has 0 aromatic heterocycles. The summed E-state index contributed by atoms with van der Waals surface area (Å²) in [4.78, 5) is 51.1. The lowest BCUT2D eigenvalue weighted by Crippen LogP contribution is -2.59. The van der Waals surface area contributed by atoms with Crippen molar-refractivity contribution in [2.45, 2.75) is 127 Å². The molecule has 1 spiro atoms. The number of carbonyl (C=O) groups is 4. The minimum absolute atomic E-state index is 0.00759. The third-order valence-electron chi connectivity index (χ3n) is 9.42. The number of carbonyl (C=O) groups excluding carboxylic acids is 4. The van der Waals surface area contributed by atoms with Crippen LogP contribution in [0.15, 0.2) is 40.8 Å². The Morgan fingerprint density at radius 1 is 1.09 bits per heavy atom. The number of ketones is 3. The van der Waals surface area contributed by atoms with Crippen LogP contribution in [0.3, 0.4) is 0 Å². The highest BCUT2D eigenvalue weighted by atomic mass is 32.2. The van der Waals surface area contributed by atoms with Crippen molar-refractivity contribution >= 4 is 35.0 Å². The minimum atomic E-state index is -0.381. The molecule has 3 fully saturated rings. The van der Waals surface area contributed by atoms with Crippen molar-refractivity contribution in [2.24, 2.45) is 11.3 Å². The summed E-state index contributed by atoms with van der Waals surface area (Å²) in [5, 5.41) is 3.10. The molecule has 3 aliphatic rings. The molecule has 1 aromatic rings. The molecule has 1 aliphatic carbocycles. The first-order valence-corrected chi connectivity index (χ1v) is 17.2. The lowest BCUT2D eigenvalue weighted by atomic mass is 9.67. The number of methoxy groups -OCH3 is 1. The Labute approximate surface area is 272 Å². The Kier molecular flexibility index (Phi) is 11.5. The fraction of sp³-hybridized carbons (Fsp3) is 0.667. The molecule has 4 rings (SSSR count). The highest BCUT2D eigenvalue weighted by Gasteiger charge is 2.71. The van der Waals surface area contributed by atoms with E-state index in [9.17, 15) is 19.2 Å². The Hall–Kier alpha value is -2.33. The summed E-state index contributed by atoms with van der Waals surface area (Å²) in [5.41, 5.74) is 1.14. The topological polar surface area (TPSA) is 115 Å². The quantitative estimate of drug-likeness (QED) is 0.104. The standard InChI is InChI=1S/C36H51NO7S/c1-23(2)11-16-30-35(6,44-30)33-32(42-7)28(17-18-36(33)22-43-36)37-31(41)20-26(39)21-45-27-14-12-24(13-15-27)19-25(38)9-8-10-29(40)34(3,4)5/h11-15,28,30,32-33H,8-10,16-22H2,1-7H3,(H,37,41)/t28-,30-,32-,33-,35+,36+/m1/s1. The average molecular weight is 642 g/mol. The first-order valence-electron chi connectivity index (χ1n) is 16.2. The van der Waals surface area contributed by atoms with Gasteiger partial charge in [0.05, 0.1) is 42.6 Å². The highest BCUT2D eigenvalue weighted by Crippen LogP contribution is 2.59. The van der Waals surface area contributed by atoms with E-state index < -0.39 is 0 Å². The second-order valence-corrected chi connectivity index (χ2v) is 15.5. The van der Waals surface area contributed by atoms with Crippen LogP contribution in [-0.2, 0) is 39.8 Å². The van der Waals surface area contributed by atoms with Gasteiger partial charge in [-0.25, -0.2) is 0 Å². The van der Waals surface area contributed by atoms with Crippen molar-refractivity contribution in [3.05, 3.63) is 41.5 Å². The van der Waals surface area contributed by atoms with E-state index in [2.05, 4.69) is 32.2 Å². The number of thioether (sulfide) groups is 1. The van der Waals surface area contributed by atoms with E-state index in [4.69, 9.17) is 14.2 Å². The van der Waals surface area contributed by atoms with Gasteiger partial charge in [-0.3, -0.25) is 19.2 Å². The number of epoxide rings is 2. The van der Waals surface area contributed by atoms with Crippen LogP contribution in [0.25, 0.3) is 0 Å². The van der Waals surface area contributed by atoms with Gasteiger partial charge in [0.15, 0.2) is 5.78 Å². The zero-order chi connectivity index (χ0) is 33.0. The molecular weight excluding hydrogens is 590 g/mol. The van der Waals surface area contributed by atoms with E-state index in [0.29, 0.717) is 32.3 Å². The largest absolute Gasteiger partial charge is 0.379 e. The molecule has 9 heteroatoms. The van der Waals surface area contributed by atoms with E-state index >= 15 is 0 Å².